The van der Waals surface area contributed by atoms with E-state index >= 15 is 0 Å². The molecule has 1 rings (SSSR count). The van der Waals surface area contributed by atoms with Crippen LogP contribution in [-0.4, -0.2) is 53.7 Å². The van der Waals surface area contributed by atoms with E-state index in [0.717, 1.165) is 12.8 Å². The molecule has 1 aliphatic heterocycles. The number of likely N-dealkylation sites (tertiary alicyclic amines) is 1. The van der Waals surface area contributed by atoms with Gasteiger partial charge >= 0.3 is 12.0 Å². The molecule has 20 heavy (non-hydrogen) atoms. The smallest absolute Gasteiger partial charge is 0.324 e. The van der Waals surface area contributed by atoms with E-state index in [2.05, 4.69) is 5.32 Å². The predicted octanol–water partition coefficient (Wildman–Crippen LogP) is 0.978. The summed E-state index contributed by atoms with van der Waals surface area (Å²) >= 11 is 0. The Kier molecular flexibility index (Phi) is 7.00. The zero-order valence-corrected chi connectivity index (χ0v) is 11.8. The number of carboxylic acid groups (broad SMARTS) is 1. The normalized spacial score (nSPS) is 18.6. The number of carbonyl (C=O) groups is 3. The predicted molar refractivity (Wildman–Crippen MR) is 71.2 cm³/mol. The van der Waals surface area contributed by atoms with Crippen LogP contribution >= 0.6 is 0 Å². The highest BCUT2D eigenvalue weighted by Gasteiger charge is 2.24. The van der Waals surface area contributed by atoms with Crippen LogP contribution in [0.4, 0.5) is 4.79 Å². The lowest BCUT2D eigenvalue weighted by atomic mass is 10.1. The molecule has 0 spiro atoms. The van der Waals surface area contributed by atoms with E-state index in [9.17, 15) is 14.4 Å². The maximum atomic E-state index is 11.9. The van der Waals surface area contributed by atoms with Gasteiger partial charge in [-0.15, -0.1) is 0 Å². The van der Waals surface area contributed by atoms with Crippen molar-refractivity contribution in [3.8, 4) is 0 Å². The molecule has 0 aromatic heterocycles. The number of imide groups is 1. The fourth-order valence-electron chi connectivity index (χ4n) is 2.16. The van der Waals surface area contributed by atoms with Crippen LogP contribution in [0, 0.1) is 0 Å². The van der Waals surface area contributed by atoms with Gasteiger partial charge < -0.3 is 14.7 Å². The average molecular weight is 286 g/mol. The molecular weight excluding hydrogens is 264 g/mol. The Hall–Kier alpha value is -1.63. The minimum Gasteiger partial charge on any atom is -0.481 e. The Morgan fingerprint density at radius 1 is 1.35 bits per heavy atom. The van der Waals surface area contributed by atoms with Gasteiger partial charge in [0.25, 0.3) is 0 Å². The van der Waals surface area contributed by atoms with Crippen molar-refractivity contribution < 1.29 is 24.2 Å². The van der Waals surface area contributed by atoms with Gasteiger partial charge in [-0.25, -0.2) is 4.79 Å². The first-order valence-electron chi connectivity index (χ1n) is 6.95. The second-order valence-corrected chi connectivity index (χ2v) is 4.77. The maximum Gasteiger partial charge on any atom is 0.324 e. The molecule has 0 aromatic rings. The third kappa shape index (κ3) is 6.01. The summed E-state index contributed by atoms with van der Waals surface area (Å²) in [5.74, 6) is -1.38. The van der Waals surface area contributed by atoms with E-state index in [1.54, 1.807) is 4.90 Å². The van der Waals surface area contributed by atoms with E-state index in [-0.39, 0.29) is 25.4 Å². The quantitative estimate of drug-likeness (QED) is 0.758. The molecule has 1 unspecified atom stereocenters. The Morgan fingerprint density at radius 2 is 2.10 bits per heavy atom. The molecule has 0 saturated carbocycles. The van der Waals surface area contributed by atoms with Crippen LogP contribution in [0.2, 0.25) is 0 Å². The number of nitrogens with zero attached hydrogens (tertiary/aromatic N) is 1. The summed E-state index contributed by atoms with van der Waals surface area (Å²) in [5, 5.41) is 10.8. The SMILES string of the molecule is CCOC1CCCN(C(=O)NC(=O)CCCC(=O)O)C1. The molecule has 2 N–H and O–H groups in total. The second-order valence-electron chi connectivity index (χ2n) is 4.77. The van der Waals surface area contributed by atoms with Crippen LogP contribution in [0.5, 0.6) is 0 Å². The number of hydrogen-bond donors (Lipinski definition) is 2. The van der Waals surface area contributed by atoms with Crippen LogP contribution in [0.3, 0.4) is 0 Å². The molecule has 1 saturated heterocycles. The number of hydrogen-bond acceptors (Lipinski definition) is 4. The van der Waals surface area contributed by atoms with Crippen LogP contribution in [0.25, 0.3) is 0 Å². The molecule has 7 nitrogen and oxygen atoms in total. The third-order valence-electron chi connectivity index (χ3n) is 3.11. The van der Waals surface area contributed by atoms with Gasteiger partial charge in [-0.05, 0) is 26.2 Å². The molecule has 1 aliphatic rings. The van der Waals surface area contributed by atoms with Gasteiger partial charge in [0.15, 0.2) is 0 Å². The number of rotatable bonds is 6. The number of aliphatic carboxylic acids is 1. The summed E-state index contributed by atoms with van der Waals surface area (Å²) in [6, 6.07) is -0.422. The van der Waals surface area contributed by atoms with E-state index in [1.165, 1.54) is 0 Å². The first-order valence-corrected chi connectivity index (χ1v) is 6.95. The van der Waals surface area contributed by atoms with Crippen molar-refractivity contribution in [3.05, 3.63) is 0 Å². The molecule has 7 heteroatoms. The Morgan fingerprint density at radius 3 is 2.75 bits per heavy atom. The second kappa shape index (κ2) is 8.52. The minimum absolute atomic E-state index is 0.0293. The molecule has 0 bridgehead atoms. The molecule has 1 atom stereocenters. The standard InChI is InChI=1S/C13H22N2O5/c1-2-20-10-5-4-8-15(9-10)13(19)14-11(16)6-3-7-12(17)18/h10H,2-9H2,1H3,(H,17,18)(H,14,16,19). The summed E-state index contributed by atoms with van der Waals surface area (Å²) in [6.07, 6.45) is 2.01. The van der Waals surface area contributed by atoms with Crippen molar-refractivity contribution >= 4 is 17.9 Å². The lowest BCUT2D eigenvalue weighted by Gasteiger charge is -2.32. The van der Waals surface area contributed by atoms with Crippen molar-refractivity contribution in [1.29, 1.82) is 0 Å². The molecule has 3 amide bonds. The maximum absolute atomic E-state index is 11.9. The number of ether oxygens (including phenoxy) is 1. The monoisotopic (exact) mass is 286 g/mol. The Bertz CT molecular complexity index is 357. The minimum atomic E-state index is -0.945. The fourth-order valence-corrected chi connectivity index (χ4v) is 2.16. The lowest BCUT2D eigenvalue weighted by Crippen LogP contribution is -2.49. The van der Waals surface area contributed by atoms with Crippen LogP contribution in [0.15, 0.2) is 0 Å². The Balaban J connectivity index is 2.30. The highest BCUT2D eigenvalue weighted by molar-refractivity contribution is 5.94. The molecule has 0 radical (unpaired) electrons. The van der Waals surface area contributed by atoms with E-state index in [1.807, 2.05) is 6.92 Å². The van der Waals surface area contributed by atoms with Crippen molar-refractivity contribution in [3.63, 3.8) is 0 Å². The Labute approximate surface area is 118 Å². The highest BCUT2D eigenvalue weighted by Crippen LogP contribution is 2.13. The number of amides is 3. The molecule has 1 fully saturated rings. The van der Waals surface area contributed by atoms with Crippen LogP contribution in [-0.2, 0) is 14.3 Å². The zero-order valence-electron chi connectivity index (χ0n) is 11.8. The van der Waals surface area contributed by atoms with E-state index < -0.39 is 17.9 Å². The largest absolute Gasteiger partial charge is 0.481 e. The summed E-state index contributed by atoms with van der Waals surface area (Å²) in [4.78, 5) is 35.3. The molecule has 0 aliphatic carbocycles. The topological polar surface area (TPSA) is 95.9 Å². The molecule has 114 valence electrons. The number of carboxylic acids is 1. The summed E-state index contributed by atoms with van der Waals surface area (Å²) in [5.41, 5.74) is 0. The van der Waals surface area contributed by atoms with Gasteiger partial charge in [-0.1, -0.05) is 0 Å². The van der Waals surface area contributed by atoms with Crippen molar-refractivity contribution in [2.75, 3.05) is 19.7 Å². The van der Waals surface area contributed by atoms with Crippen LogP contribution in [0.1, 0.15) is 39.0 Å². The van der Waals surface area contributed by atoms with Gasteiger partial charge in [-0.3, -0.25) is 14.9 Å². The molecule has 0 aromatic carbocycles. The number of piperidine rings is 1. The first-order chi connectivity index (χ1) is 9.52. The van der Waals surface area contributed by atoms with Gasteiger partial charge in [0.05, 0.1) is 6.10 Å². The fraction of sp³-hybridized carbons (Fsp3) is 0.769. The van der Waals surface area contributed by atoms with Gasteiger partial charge in [0.2, 0.25) is 5.91 Å². The van der Waals surface area contributed by atoms with Crippen molar-refractivity contribution in [2.45, 2.75) is 45.1 Å². The average Bonchev–Trinajstić information content (AvgIpc) is 2.39. The van der Waals surface area contributed by atoms with E-state index in [0.29, 0.717) is 19.7 Å². The summed E-state index contributed by atoms with van der Waals surface area (Å²) in [7, 11) is 0. The van der Waals surface area contributed by atoms with Crippen molar-refractivity contribution in [1.82, 2.24) is 10.2 Å². The summed E-state index contributed by atoms with van der Waals surface area (Å²) < 4.78 is 5.49. The van der Waals surface area contributed by atoms with Gasteiger partial charge in [-0.2, -0.15) is 0 Å². The zero-order chi connectivity index (χ0) is 15.0. The molecular formula is C13H22N2O5. The number of nitrogens with one attached hydrogen (secondary N) is 1. The van der Waals surface area contributed by atoms with Crippen LogP contribution < -0.4 is 5.32 Å². The highest BCUT2D eigenvalue weighted by atomic mass is 16.5. The van der Waals surface area contributed by atoms with Gasteiger partial charge in [0.1, 0.15) is 0 Å². The van der Waals surface area contributed by atoms with Gasteiger partial charge in [0, 0.05) is 32.5 Å². The van der Waals surface area contributed by atoms with Crippen molar-refractivity contribution in [2.24, 2.45) is 0 Å². The third-order valence-corrected chi connectivity index (χ3v) is 3.11. The molecule has 1 heterocycles. The number of carbonyl (C=O) groups excluding carboxylic acids is 2. The van der Waals surface area contributed by atoms with E-state index in [4.69, 9.17) is 9.84 Å². The first kappa shape index (κ1) is 16.4. The lowest BCUT2D eigenvalue weighted by molar-refractivity contribution is -0.137. The summed E-state index contributed by atoms with van der Waals surface area (Å²) in [6.45, 7) is 3.61. The number of urea groups is 1.